The van der Waals surface area contributed by atoms with Gasteiger partial charge in [0.1, 0.15) is 0 Å². The predicted molar refractivity (Wildman–Crippen MR) is 126 cm³/mol. The summed E-state index contributed by atoms with van der Waals surface area (Å²) in [6, 6.07) is 0.667. The van der Waals surface area contributed by atoms with E-state index in [-0.39, 0.29) is 103 Å². The SMILES string of the molecule is CCCCCCCCCCCCCCCCCCN1CCCCC1CCO.O=C([O-])[O-].[K+].[K+]. The van der Waals surface area contributed by atoms with Crippen LogP contribution in [0.25, 0.3) is 0 Å². The largest absolute Gasteiger partial charge is 1.00 e. The predicted octanol–water partition coefficient (Wildman–Crippen LogP) is -0.954. The van der Waals surface area contributed by atoms with E-state index in [0.717, 1.165) is 6.42 Å². The Balaban J connectivity index is -0.00000138. The minimum Gasteiger partial charge on any atom is -0.652 e. The number of piperidine rings is 1. The van der Waals surface area contributed by atoms with E-state index < -0.39 is 6.16 Å². The number of nitrogens with zero attached hydrogens (tertiary/aromatic N) is 1. The molecule has 0 saturated carbocycles. The van der Waals surface area contributed by atoms with Crippen molar-refractivity contribution in [1.82, 2.24) is 4.90 Å². The monoisotopic (exact) mass is 519 g/mol. The Morgan fingerprint density at radius 2 is 1.15 bits per heavy atom. The molecule has 186 valence electrons. The number of carboxylic acid groups (broad SMARTS) is 2. The first-order valence-corrected chi connectivity index (χ1v) is 13.3. The zero-order valence-corrected chi connectivity index (χ0v) is 28.7. The summed E-state index contributed by atoms with van der Waals surface area (Å²) in [5.74, 6) is 0. The molecule has 33 heavy (non-hydrogen) atoms. The molecule has 1 aliphatic heterocycles. The molecule has 1 aliphatic rings. The molecule has 0 spiro atoms. The Kier molecular flexibility index (Phi) is 39.4. The molecule has 0 amide bonds. The van der Waals surface area contributed by atoms with Crippen LogP contribution >= 0.6 is 0 Å². The van der Waals surface area contributed by atoms with Gasteiger partial charge in [-0.25, -0.2) is 0 Å². The molecule has 0 aromatic rings. The van der Waals surface area contributed by atoms with Crippen LogP contribution in [0, 0.1) is 0 Å². The fourth-order valence-corrected chi connectivity index (χ4v) is 4.69. The van der Waals surface area contributed by atoms with Gasteiger partial charge in [-0.15, -0.1) is 0 Å². The van der Waals surface area contributed by atoms with E-state index in [1.807, 2.05) is 0 Å². The van der Waals surface area contributed by atoms with Gasteiger partial charge in [-0.05, 0) is 44.9 Å². The zero-order chi connectivity index (χ0) is 23.0. The Morgan fingerprint density at radius 1 is 0.758 bits per heavy atom. The Labute approximate surface area is 290 Å². The number of carbonyl (C=O) groups is 1. The first kappa shape index (κ1) is 40.0. The minimum absolute atomic E-state index is 0. The fourth-order valence-electron chi connectivity index (χ4n) is 4.69. The molecule has 1 rings (SSSR count). The summed E-state index contributed by atoms with van der Waals surface area (Å²) in [7, 11) is 0. The number of hydrogen-bond acceptors (Lipinski definition) is 5. The maximum absolute atomic E-state index is 9.22. The summed E-state index contributed by atoms with van der Waals surface area (Å²) in [5.41, 5.74) is 0. The second-order valence-corrected chi connectivity index (χ2v) is 9.25. The molecule has 1 fully saturated rings. The van der Waals surface area contributed by atoms with E-state index in [2.05, 4.69) is 11.8 Å². The molecule has 0 aromatic heterocycles. The van der Waals surface area contributed by atoms with Crippen molar-refractivity contribution in [2.75, 3.05) is 19.7 Å². The van der Waals surface area contributed by atoms with Crippen LogP contribution in [0.4, 0.5) is 4.79 Å². The third kappa shape index (κ3) is 30.6. The topological polar surface area (TPSA) is 86.7 Å². The number of aliphatic hydroxyl groups is 1. The molecule has 7 heteroatoms. The fraction of sp³-hybridized carbons (Fsp3) is 0.962. The molecule has 1 N–H and O–H groups in total. The van der Waals surface area contributed by atoms with Crippen LogP contribution in [0.3, 0.4) is 0 Å². The second kappa shape index (κ2) is 32.5. The summed E-state index contributed by atoms with van der Waals surface area (Å²) in [4.78, 5) is 11.0. The van der Waals surface area contributed by atoms with Gasteiger partial charge in [0.15, 0.2) is 0 Å². The molecule has 0 radical (unpaired) electrons. The molecular formula is C26H51K2NO4. The van der Waals surface area contributed by atoms with Gasteiger partial charge >= 0.3 is 103 Å². The maximum atomic E-state index is 9.22. The standard InChI is InChI=1S/C25H51NO.CH2O3.2K/c1-2-3-4-5-6-7-8-9-10-11-12-13-14-15-16-18-22-26-23-19-17-20-25(26)21-24-27;2-1(3)4;;/h25,27H,2-24H2,1H3;(H2,2,3,4);;/q;;2*+1/p-2. The van der Waals surface area contributed by atoms with Gasteiger partial charge in [-0.2, -0.15) is 0 Å². The number of rotatable bonds is 19. The first-order chi connectivity index (χ1) is 15.1. The van der Waals surface area contributed by atoms with Crippen LogP contribution in [0.5, 0.6) is 0 Å². The van der Waals surface area contributed by atoms with E-state index in [4.69, 9.17) is 15.0 Å². The zero-order valence-electron chi connectivity index (χ0n) is 22.5. The van der Waals surface area contributed by atoms with Crippen LogP contribution in [0.15, 0.2) is 0 Å². The molecular weight excluding hydrogens is 468 g/mol. The van der Waals surface area contributed by atoms with Crippen LogP contribution in [0.1, 0.15) is 135 Å². The van der Waals surface area contributed by atoms with E-state index >= 15 is 0 Å². The third-order valence-corrected chi connectivity index (χ3v) is 6.51. The van der Waals surface area contributed by atoms with E-state index in [9.17, 15) is 5.11 Å². The molecule has 1 saturated heterocycles. The van der Waals surface area contributed by atoms with Crippen LogP contribution in [-0.4, -0.2) is 41.9 Å². The van der Waals surface area contributed by atoms with Gasteiger partial charge in [0.25, 0.3) is 0 Å². The molecule has 1 atom stereocenters. The van der Waals surface area contributed by atoms with Crippen molar-refractivity contribution in [1.29, 1.82) is 0 Å². The summed E-state index contributed by atoms with van der Waals surface area (Å²) < 4.78 is 0. The third-order valence-electron chi connectivity index (χ3n) is 6.51. The van der Waals surface area contributed by atoms with Crippen LogP contribution in [0.2, 0.25) is 0 Å². The van der Waals surface area contributed by atoms with Crippen molar-refractivity contribution in [2.45, 2.75) is 141 Å². The average molecular weight is 520 g/mol. The quantitative estimate of drug-likeness (QED) is 0.176. The summed E-state index contributed by atoms with van der Waals surface area (Å²) >= 11 is 0. The van der Waals surface area contributed by atoms with Gasteiger partial charge in [-0.1, -0.05) is 110 Å². The van der Waals surface area contributed by atoms with Crippen LogP contribution < -0.4 is 113 Å². The molecule has 0 aromatic carbocycles. The van der Waals surface area contributed by atoms with Crippen LogP contribution in [-0.2, 0) is 0 Å². The first-order valence-electron chi connectivity index (χ1n) is 13.3. The van der Waals surface area contributed by atoms with Gasteiger partial charge < -0.3 is 25.0 Å². The van der Waals surface area contributed by atoms with Crippen molar-refractivity contribution in [2.24, 2.45) is 0 Å². The molecule has 0 aliphatic carbocycles. The van der Waals surface area contributed by atoms with Crippen molar-refractivity contribution in [3.05, 3.63) is 0 Å². The van der Waals surface area contributed by atoms with Gasteiger partial charge in [0.05, 0.1) is 0 Å². The molecule has 1 unspecified atom stereocenters. The van der Waals surface area contributed by atoms with E-state index in [0.29, 0.717) is 12.6 Å². The second-order valence-electron chi connectivity index (χ2n) is 9.25. The number of likely N-dealkylation sites (tertiary alicyclic amines) is 1. The van der Waals surface area contributed by atoms with Crippen molar-refractivity contribution in [3.63, 3.8) is 0 Å². The smallest absolute Gasteiger partial charge is 0.652 e. The maximum Gasteiger partial charge on any atom is 1.00 e. The Hall–Kier alpha value is 2.46. The summed E-state index contributed by atoms with van der Waals surface area (Å²) in [6.45, 7) is 5.19. The van der Waals surface area contributed by atoms with Gasteiger partial charge in [0.2, 0.25) is 0 Å². The van der Waals surface area contributed by atoms with E-state index in [1.54, 1.807) is 0 Å². The van der Waals surface area contributed by atoms with Crippen molar-refractivity contribution in [3.8, 4) is 0 Å². The van der Waals surface area contributed by atoms with Gasteiger partial charge in [-0.3, -0.25) is 0 Å². The Bertz CT molecular complexity index is 383. The minimum atomic E-state index is -2.33. The average Bonchev–Trinajstić information content (AvgIpc) is 2.74. The molecule has 5 nitrogen and oxygen atoms in total. The summed E-state index contributed by atoms with van der Waals surface area (Å²) in [5, 5.41) is 25.9. The van der Waals surface area contributed by atoms with Gasteiger partial charge in [0, 0.05) is 12.6 Å². The van der Waals surface area contributed by atoms with E-state index in [1.165, 1.54) is 135 Å². The number of aliphatic hydroxyl groups excluding tert-OH is 1. The number of unbranched alkanes of at least 4 members (excludes halogenated alkanes) is 15. The van der Waals surface area contributed by atoms with Crippen molar-refractivity contribution >= 4 is 6.16 Å². The Morgan fingerprint density at radius 3 is 1.55 bits per heavy atom. The molecule has 0 bridgehead atoms. The van der Waals surface area contributed by atoms with Crippen molar-refractivity contribution < 1.29 is 123 Å². The normalized spacial score (nSPS) is 15.6. The number of hydrogen-bond donors (Lipinski definition) is 1. The number of carbonyl (C=O) groups excluding carboxylic acids is 1. The molecule has 1 heterocycles. The summed E-state index contributed by atoms with van der Waals surface area (Å²) in [6.07, 6.45) is 25.8.